The number of thiophene rings is 1. The number of methoxy groups -OCH3 is 1. The second kappa shape index (κ2) is 7.35. The number of carbonyl (C=O) groups excluding carboxylic acids is 3. The highest BCUT2D eigenvalue weighted by Gasteiger charge is 2.68. The van der Waals surface area contributed by atoms with Crippen molar-refractivity contribution >= 4 is 34.8 Å². The Labute approximate surface area is 171 Å². The fraction of sp³-hybridized carbons (Fsp3) is 0.381. The molecule has 2 fully saturated rings. The van der Waals surface area contributed by atoms with Gasteiger partial charge in [-0.05, 0) is 42.1 Å². The first kappa shape index (κ1) is 19.7. The zero-order chi connectivity index (χ0) is 20.8. The van der Waals surface area contributed by atoms with Crippen LogP contribution in [0.4, 0.5) is 10.1 Å². The molecule has 0 bridgehead atoms. The molecule has 6 nitrogen and oxygen atoms in total. The number of ether oxygens (including phenoxy) is 1. The van der Waals surface area contributed by atoms with E-state index in [1.165, 1.54) is 42.7 Å². The second-order valence-electron chi connectivity index (χ2n) is 7.34. The molecule has 0 radical (unpaired) electrons. The van der Waals surface area contributed by atoms with Crippen LogP contribution in [0.1, 0.15) is 30.7 Å². The molecule has 0 spiro atoms. The van der Waals surface area contributed by atoms with Crippen molar-refractivity contribution in [2.75, 3.05) is 12.0 Å². The van der Waals surface area contributed by atoms with Crippen LogP contribution >= 0.6 is 11.3 Å². The Hall–Kier alpha value is -2.58. The van der Waals surface area contributed by atoms with Gasteiger partial charge in [-0.2, -0.15) is 0 Å². The number of anilines is 1. The van der Waals surface area contributed by atoms with Gasteiger partial charge >= 0.3 is 5.97 Å². The van der Waals surface area contributed by atoms with Gasteiger partial charge in [-0.3, -0.25) is 19.7 Å². The SMILES string of the molecule is CCC[C@]1(C(=O)OC)N[C@H](c2cccs2)[C@H]2C(=O)N(c3ccc(F)cc3)C(=O)[C@@H]21. The van der Waals surface area contributed by atoms with Gasteiger partial charge in [-0.25, -0.2) is 9.29 Å². The molecule has 0 saturated carbocycles. The van der Waals surface area contributed by atoms with Crippen molar-refractivity contribution < 1.29 is 23.5 Å². The quantitative estimate of drug-likeness (QED) is 0.599. The van der Waals surface area contributed by atoms with Crippen molar-refractivity contribution in [3.63, 3.8) is 0 Å². The van der Waals surface area contributed by atoms with Crippen LogP contribution in [-0.2, 0) is 19.1 Å². The minimum Gasteiger partial charge on any atom is -0.468 e. The summed E-state index contributed by atoms with van der Waals surface area (Å²) in [5.74, 6) is -3.48. The number of imide groups is 1. The van der Waals surface area contributed by atoms with Crippen LogP contribution in [0.15, 0.2) is 41.8 Å². The van der Waals surface area contributed by atoms with Gasteiger partial charge in [0.25, 0.3) is 0 Å². The van der Waals surface area contributed by atoms with Gasteiger partial charge in [0.05, 0.1) is 30.7 Å². The summed E-state index contributed by atoms with van der Waals surface area (Å²) in [6.45, 7) is 1.92. The third kappa shape index (κ3) is 2.89. The molecule has 8 heteroatoms. The molecule has 2 aliphatic heterocycles. The van der Waals surface area contributed by atoms with Gasteiger partial charge < -0.3 is 4.74 Å². The molecule has 0 unspecified atom stereocenters. The molecule has 1 aromatic heterocycles. The number of benzene rings is 1. The summed E-state index contributed by atoms with van der Waals surface area (Å²) in [6, 6.07) is 8.49. The van der Waals surface area contributed by atoms with E-state index in [-0.39, 0.29) is 5.91 Å². The second-order valence-corrected chi connectivity index (χ2v) is 8.32. The van der Waals surface area contributed by atoms with E-state index >= 15 is 0 Å². The molecule has 152 valence electrons. The minimum atomic E-state index is -1.29. The highest BCUT2D eigenvalue weighted by atomic mass is 32.1. The van der Waals surface area contributed by atoms with E-state index < -0.39 is 41.1 Å². The number of nitrogens with one attached hydrogen (secondary N) is 1. The van der Waals surface area contributed by atoms with Gasteiger partial charge in [0.15, 0.2) is 0 Å². The molecule has 29 heavy (non-hydrogen) atoms. The summed E-state index contributed by atoms with van der Waals surface area (Å²) in [5.41, 5.74) is -0.986. The average molecular weight is 416 g/mol. The number of nitrogens with zero attached hydrogens (tertiary/aromatic N) is 1. The lowest BCUT2D eigenvalue weighted by Gasteiger charge is -2.32. The largest absolute Gasteiger partial charge is 0.468 e. The Bertz CT molecular complexity index is 946. The number of fused-ring (bicyclic) bond motifs is 1. The number of hydrogen-bond donors (Lipinski definition) is 1. The first-order chi connectivity index (χ1) is 13.9. The molecule has 4 rings (SSSR count). The summed E-state index contributed by atoms with van der Waals surface area (Å²) in [7, 11) is 1.29. The molecule has 2 saturated heterocycles. The number of carbonyl (C=O) groups is 3. The molecule has 3 heterocycles. The van der Waals surface area contributed by atoms with Gasteiger partial charge in [0.1, 0.15) is 11.4 Å². The molecule has 2 aliphatic rings. The van der Waals surface area contributed by atoms with Gasteiger partial charge in [-0.1, -0.05) is 19.4 Å². The molecule has 2 aromatic rings. The molecule has 1 aromatic carbocycles. The highest BCUT2D eigenvalue weighted by molar-refractivity contribution is 7.10. The van der Waals surface area contributed by atoms with E-state index in [0.717, 1.165) is 9.78 Å². The summed E-state index contributed by atoms with van der Waals surface area (Å²) in [5, 5.41) is 5.20. The molecule has 4 atom stereocenters. The zero-order valence-electron chi connectivity index (χ0n) is 16.1. The van der Waals surface area contributed by atoms with Crippen LogP contribution in [0.3, 0.4) is 0 Å². The number of halogens is 1. The monoisotopic (exact) mass is 416 g/mol. The summed E-state index contributed by atoms with van der Waals surface area (Å²) in [6.07, 6.45) is 0.986. The predicted molar refractivity (Wildman–Crippen MR) is 106 cm³/mol. The van der Waals surface area contributed by atoms with Crippen molar-refractivity contribution in [1.29, 1.82) is 0 Å². The smallest absolute Gasteiger partial charge is 0.326 e. The highest BCUT2D eigenvalue weighted by Crippen LogP contribution is 2.52. The third-order valence-corrected chi connectivity index (χ3v) is 6.74. The summed E-state index contributed by atoms with van der Waals surface area (Å²) < 4.78 is 18.4. The fourth-order valence-corrected chi connectivity index (χ4v) is 5.48. The van der Waals surface area contributed by atoms with Crippen molar-refractivity contribution in [3.05, 3.63) is 52.5 Å². The predicted octanol–water partition coefficient (Wildman–Crippen LogP) is 3.05. The lowest BCUT2D eigenvalue weighted by molar-refractivity contribution is -0.152. The lowest BCUT2D eigenvalue weighted by atomic mass is 9.77. The molecule has 2 amide bonds. The molecule has 0 aliphatic carbocycles. The number of esters is 1. The Kier molecular flexibility index (Phi) is 5.00. The van der Waals surface area contributed by atoms with Crippen LogP contribution in [0, 0.1) is 17.7 Å². The van der Waals surface area contributed by atoms with Gasteiger partial charge in [0.2, 0.25) is 11.8 Å². The van der Waals surface area contributed by atoms with E-state index in [4.69, 9.17) is 4.74 Å². The van der Waals surface area contributed by atoms with Crippen molar-refractivity contribution in [3.8, 4) is 0 Å². The van der Waals surface area contributed by atoms with Crippen LogP contribution in [0.25, 0.3) is 0 Å². The number of rotatable bonds is 5. The maximum atomic E-state index is 13.5. The Balaban J connectivity index is 1.84. The van der Waals surface area contributed by atoms with E-state index in [2.05, 4.69) is 5.32 Å². The lowest BCUT2D eigenvalue weighted by Crippen LogP contribution is -2.56. The Morgan fingerprint density at radius 1 is 1.24 bits per heavy atom. The molecular weight excluding hydrogens is 395 g/mol. The Morgan fingerprint density at radius 2 is 1.97 bits per heavy atom. The van der Waals surface area contributed by atoms with Crippen LogP contribution < -0.4 is 10.2 Å². The minimum absolute atomic E-state index is 0.302. The van der Waals surface area contributed by atoms with Crippen LogP contribution in [0.5, 0.6) is 0 Å². The average Bonchev–Trinajstić information content (AvgIpc) is 3.41. The normalized spacial score (nSPS) is 28.7. The number of hydrogen-bond acceptors (Lipinski definition) is 6. The summed E-state index contributed by atoms with van der Waals surface area (Å²) >= 11 is 1.46. The van der Waals surface area contributed by atoms with Crippen molar-refractivity contribution in [2.45, 2.75) is 31.3 Å². The molecule has 1 N–H and O–H groups in total. The first-order valence-corrected chi connectivity index (χ1v) is 10.4. The maximum Gasteiger partial charge on any atom is 0.326 e. The van der Waals surface area contributed by atoms with Crippen LogP contribution in [-0.4, -0.2) is 30.4 Å². The van der Waals surface area contributed by atoms with E-state index in [9.17, 15) is 18.8 Å². The third-order valence-electron chi connectivity index (χ3n) is 5.78. The topological polar surface area (TPSA) is 75.7 Å². The summed E-state index contributed by atoms with van der Waals surface area (Å²) in [4.78, 5) is 41.8. The molecular formula is C21H21FN2O4S. The number of amides is 2. The van der Waals surface area contributed by atoms with Crippen molar-refractivity contribution in [1.82, 2.24) is 5.32 Å². The fourth-order valence-electron chi connectivity index (χ4n) is 4.66. The van der Waals surface area contributed by atoms with E-state index in [1.54, 1.807) is 0 Å². The van der Waals surface area contributed by atoms with Crippen LogP contribution in [0.2, 0.25) is 0 Å². The Morgan fingerprint density at radius 3 is 2.55 bits per heavy atom. The van der Waals surface area contributed by atoms with Gasteiger partial charge in [0, 0.05) is 4.88 Å². The zero-order valence-corrected chi connectivity index (χ0v) is 16.9. The van der Waals surface area contributed by atoms with E-state index in [1.807, 2.05) is 24.4 Å². The standard InChI is InChI=1S/C21H21FN2O4S/c1-3-10-21(20(27)28-2)16-15(17(23-21)14-5-4-11-29-14)18(25)24(19(16)26)13-8-6-12(22)7-9-13/h4-9,11,15-17,23H,3,10H2,1-2H3/t15-,16+,17+,21-/m0/s1. The van der Waals surface area contributed by atoms with E-state index in [0.29, 0.717) is 18.5 Å². The van der Waals surface area contributed by atoms with Gasteiger partial charge in [-0.15, -0.1) is 11.3 Å². The van der Waals surface area contributed by atoms with Crippen molar-refractivity contribution in [2.24, 2.45) is 11.8 Å². The maximum absolute atomic E-state index is 13.5. The first-order valence-electron chi connectivity index (χ1n) is 9.47.